The number of sulfonamides is 1. The molecule has 1 aromatic heterocycles. The van der Waals surface area contributed by atoms with E-state index in [0.29, 0.717) is 55.1 Å². The topological polar surface area (TPSA) is 121 Å². The standard InChI is InChI=1S/C27H32N4O6S/c1-19-17-21(26(32)30-12-14-31(15-13-30)27(33)37-18-22-7-4-16-36-22)9-10-23(19)29-38(34,35)24-8-2-5-20-6-3-11-28-25(20)24/h2-3,5-6,8-11,17,22,26,29,32H,4,7,12-16,18H2,1H3. The molecule has 2 aliphatic heterocycles. The number of hydrogen-bond acceptors (Lipinski definition) is 8. The summed E-state index contributed by atoms with van der Waals surface area (Å²) >= 11 is 0. The molecule has 2 fully saturated rings. The number of aliphatic hydroxyl groups excluding tert-OH is 1. The van der Waals surface area contributed by atoms with Crippen molar-refractivity contribution in [3.63, 3.8) is 0 Å². The Labute approximate surface area is 222 Å². The van der Waals surface area contributed by atoms with Gasteiger partial charge < -0.3 is 19.5 Å². The molecule has 2 saturated heterocycles. The number of aliphatic hydroxyl groups is 1. The largest absolute Gasteiger partial charge is 0.447 e. The molecule has 2 N–H and O–H groups in total. The first-order valence-electron chi connectivity index (χ1n) is 12.7. The van der Waals surface area contributed by atoms with Gasteiger partial charge in [-0.25, -0.2) is 13.2 Å². The van der Waals surface area contributed by atoms with E-state index in [4.69, 9.17) is 9.47 Å². The van der Waals surface area contributed by atoms with Crippen LogP contribution in [0.4, 0.5) is 10.5 Å². The quantitative estimate of drug-likeness (QED) is 0.469. The summed E-state index contributed by atoms with van der Waals surface area (Å²) in [7, 11) is -3.88. The Hall–Kier alpha value is -3.25. The van der Waals surface area contributed by atoms with Crippen LogP contribution in [-0.4, -0.2) is 79.9 Å². The van der Waals surface area contributed by atoms with Crippen LogP contribution in [0, 0.1) is 6.92 Å². The Bertz CT molecular complexity index is 1400. The van der Waals surface area contributed by atoms with Crippen LogP contribution in [0.1, 0.15) is 30.2 Å². The Balaban J connectivity index is 1.20. The molecular weight excluding hydrogens is 508 g/mol. The molecule has 5 rings (SSSR count). The van der Waals surface area contributed by atoms with Crippen LogP contribution in [0.25, 0.3) is 10.9 Å². The number of aryl methyl sites for hydroxylation is 1. The van der Waals surface area contributed by atoms with Crippen molar-refractivity contribution in [2.45, 2.75) is 37.0 Å². The number of carbonyl (C=O) groups excluding carboxylic acids is 1. The first-order valence-corrected chi connectivity index (χ1v) is 14.2. The zero-order chi connectivity index (χ0) is 26.7. The lowest BCUT2D eigenvalue weighted by molar-refractivity contribution is -0.0303. The van der Waals surface area contributed by atoms with Gasteiger partial charge in [-0.2, -0.15) is 0 Å². The van der Waals surface area contributed by atoms with Crippen LogP contribution in [0.5, 0.6) is 0 Å². The van der Waals surface area contributed by atoms with Gasteiger partial charge in [0.1, 0.15) is 17.7 Å². The normalized spacial score (nSPS) is 19.4. The van der Waals surface area contributed by atoms with Crippen molar-refractivity contribution in [3.8, 4) is 0 Å². The van der Waals surface area contributed by atoms with Gasteiger partial charge in [0.2, 0.25) is 0 Å². The molecule has 1 amide bonds. The number of pyridine rings is 1. The minimum absolute atomic E-state index is 0.0125. The Morgan fingerprint density at radius 2 is 1.97 bits per heavy atom. The number of anilines is 1. The summed E-state index contributed by atoms with van der Waals surface area (Å²) in [6.07, 6.45) is 2.22. The maximum atomic E-state index is 13.2. The van der Waals surface area contributed by atoms with Crippen LogP contribution < -0.4 is 4.72 Å². The molecule has 3 heterocycles. The monoisotopic (exact) mass is 540 g/mol. The number of rotatable bonds is 7. The SMILES string of the molecule is Cc1cc(C(O)N2CCN(C(=O)OCC3CCCO3)CC2)ccc1NS(=O)(=O)c1cccc2cccnc12. The molecule has 11 heteroatoms. The highest BCUT2D eigenvalue weighted by Crippen LogP contribution is 2.28. The molecule has 202 valence electrons. The van der Waals surface area contributed by atoms with E-state index < -0.39 is 16.3 Å². The summed E-state index contributed by atoms with van der Waals surface area (Å²) in [6, 6.07) is 13.7. The van der Waals surface area contributed by atoms with E-state index in [0.717, 1.165) is 18.2 Å². The summed E-state index contributed by atoms with van der Waals surface area (Å²) in [5.41, 5.74) is 2.15. The van der Waals surface area contributed by atoms with E-state index in [1.54, 1.807) is 48.4 Å². The lowest BCUT2D eigenvalue weighted by Crippen LogP contribution is -2.50. The zero-order valence-electron chi connectivity index (χ0n) is 21.2. The molecule has 2 atom stereocenters. The van der Waals surface area contributed by atoms with E-state index in [1.807, 2.05) is 17.0 Å². The first-order chi connectivity index (χ1) is 18.3. The fourth-order valence-corrected chi connectivity index (χ4v) is 6.16. The molecular formula is C27H32N4O6S. The third-order valence-electron chi connectivity index (χ3n) is 7.01. The van der Waals surface area contributed by atoms with Gasteiger partial charge in [0.05, 0.1) is 17.3 Å². The summed E-state index contributed by atoms with van der Waals surface area (Å²) in [5.74, 6) is 0. The van der Waals surface area contributed by atoms with E-state index in [9.17, 15) is 18.3 Å². The number of para-hydroxylation sites is 1. The van der Waals surface area contributed by atoms with Crippen LogP contribution in [0.3, 0.4) is 0 Å². The van der Waals surface area contributed by atoms with Gasteiger partial charge >= 0.3 is 6.09 Å². The van der Waals surface area contributed by atoms with Crippen LogP contribution in [0.2, 0.25) is 0 Å². The molecule has 2 unspecified atom stereocenters. The average molecular weight is 541 g/mol. The smallest absolute Gasteiger partial charge is 0.409 e. The Morgan fingerprint density at radius 1 is 1.18 bits per heavy atom. The summed E-state index contributed by atoms with van der Waals surface area (Å²) in [6.45, 7) is 4.63. The molecule has 2 aliphatic rings. The predicted molar refractivity (Wildman–Crippen MR) is 142 cm³/mol. The zero-order valence-corrected chi connectivity index (χ0v) is 22.1. The maximum absolute atomic E-state index is 13.2. The lowest BCUT2D eigenvalue weighted by Gasteiger charge is -2.37. The van der Waals surface area contributed by atoms with Gasteiger partial charge in [0, 0.05) is 44.4 Å². The number of aromatic nitrogens is 1. The molecule has 10 nitrogen and oxygen atoms in total. The van der Waals surface area contributed by atoms with Crippen molar-refractivity contribution in [2.75, 3.05) is 44.1 Å². The van der Waals surface area contributed by atoms with Crippen molar-refractivity contribution in [1.82, 2.24) is 14.8 Å². The highest BCUT2D eigenvalue weighted by molar-refractivity contribution is 7.93. The van der Waals surface area contributed by atoms with E-state index >= 15 is 0 Å². The number of ether oxygens (including phenoxy) is 2. The Kier molecular flexibility index (Phi) is 7.80. The van der Waals surface area contributed by atoms with Crippen LogP contribution in [-0.2, 0) is 19.5 Å². The van der Waals surface area contributed by atoms with Crippen molar-refractivity contribution < 1.29 is 27.8 Å². The highest BCUT2D eigenvalue weighted by atomic mass is 32.2. The lowest BCUT2D eigenvalue weighted by atomic mass is 10.1. The number of nitrogens with one attached hydrogen (secondary N) is 1. The van der Waals surface area contributed by atoms with Crippen molar-refractivity contribution in [3.05, 3.63) is 65.9 Å². The van der Waals surface area contributed by atoms with Crippen LogP contribution in [0.15, 0.2) is 59.6 Å². The van der Waals surface area contributed by atoms with Gasteiger partial charge in [0.25, 0.3) is 10.0 Å². The number of benzene rings is 2. The number of hydrogen-bond donors (Lipinski definition) is 2. The van der Waals surface area contributed by atoms with Crippen LogP contribution >= 0.6 is 0 Å². The van der Waals surface area contributed by atoms with E-state index in [-0.39, 0.29) is 23.7 Å². The molecule has 0 radical (unpaired) electrons. The molecule has 0 spiro atoms. The molecule has 3 aromatic rings. The average Bonchev–Trinajstić information content (AvgIpc) is 3.46. The predicted octanol–water partition coefficient (Wildman–Crippen LogP) is 3.27. The van der Waals surface area contributed by atoms with Crippen molar-refractivity contribution in [2.24, 2.45) is 0 Å². The number of carbonyl (C=O) groups is 1. The highest BCUT2D eigenvalue weighted by Gasteiger charge is 2.28. The van der Waals surface area contributed by atoms with Crippen molar-refractivity contribution >= 4 is 32.7 Å². The molecule has 0 aliphatic carbocycles. The summed E-state index contributed by atoms with van der Waals surface area (Å²) in [5, 5.41) is 11.7. The van der Waals surface area contributed by atoms with Gasteiger partial charge in [-0.3, -0.25) is 14.6 Å². The van der Waals surface area contributed by atoms with E-state index in [2.05, 4.69) is 9.71 Å². The minimum atomic E-state index is -3.88. The Morgan fingerprint density at radius 3 is 2.71 bits per heavy atom. The van der Waals surface area contributed by atoms with Crippen molar-refractivity contribution in [1.29, 1.82) is 0 Å². The second kappa shape index (κ2) is 11.2. The molecule has 2 aromatic carbocycles. The molecule has 38 heavy (non-hydrogen) atoms. The number of fused-ring (bicyclic) bond motifs is 1. The fraction of sp³-hybridized carbons (Fsp3) is 0.407. The molecule has 0 bridgehead atoms. The van der Waals surface area contributed by atoms with Gasteiger partial charge in [-0.1, -0.05) is 30.3 Å². The van der Waals surface area contributed by atoms with Gasteiger partial charge in [-0.05, 0) is 49.1 Å². The number of nitrogens with zero attached hydrogens (tertiary/aromatic N) is 3. The first kappa shape index (κ1) is 26.4. The van der Waals surface area contributed by atoms with Gasteiger partial charge in [0.15, 0.2) is 0 Å². The number of amides is 1. The number of piperazine rings is 1. The summed E-state index contributed by atoms with van der Waals surface area (Å²) in [4.78, 5) is 20.3. The second-order valence-electron chi connectivity index (χ2n) is 9.62. The minimum Gasteiger partial charge on any atom is -0.447 e. The fourth-order valence-electron chi connectivity index (χ4n) is 4.85. The third kappa shape index (κ3) is 5.75. The maximum Gasteiger partial charge on any atom is 0.409 e. The third-order valence-corrected chi connectivity index (χ3v) is 8.41. The molecule has 0 saturated carbocycles. The van der Waals surface area contributed by atoms with E-state index in [1.165, 1.54) is 6.07 Å². The second-order valence-corrected chi connectivity index (χ2v) is 11.3. The van der Waals surface area contributed by atoms with Gasteiger partial charge in [-0.15, -0.1) is 0 Å². The summed E-state index contributed by atoms with van der Waals surface area (Å²) < 4.78 is 39.9.